The van der Waals surface area contributed by atoms with E-state index in [0.29, 0.717) is 0 Å². The third-order valence-corrected chi connectivity index (χ3v) is 13.9. The predicted octanol–water partition coefficient (Wildman–Crippen LogP) is 14.7. The van der Waals surface area contributed by atoms with Gasteiger partial charge in [-0.25, -0.2) is 0 Å². The fourth-order valence-electron chi connectivity index (χ4n) is 10.7. The lowest BCUT2D eigenvalue weighted by Crippen LogP contribution is -2.34. The molecule has 7 aromatic carbocycles. The lowest BCUT2D eigenvalue weighted by atomic mass is 9.63. The van der Waals surface area contributed by atoms with Gasteiger partial charge in [-0.05, 0) is 153 Å². The first-order valence-electron chi connectivity index (χ1n) is 21.2. The standard InChI is InChI=1S/C56H53N/c1-38-33-50-51(55(4,5)32-31-54(50,2)3)37-52(38)57(44-25-13-8-14-26-44)53-36-49-47(35-46(53)41-30-29-39-19-15-16-20-40(39)34-41)45-27-17-18-28-48(45)56(49,42-21-9-6-10-22-42)43-23-11-7-12-24-43/h6-14,17-18,21-30,33-37H,15-16,19-20,31-32H2,1-5H3. The number of fused-ring (bicyclic) bond motifs is 5. The number of para-hydroxylation sites is 1. The van der Waals surface area contributed by atoms with Crippen LogP contribution in [0.5, 0.6) is 0 Å². The zero-order valence-electron chi connectivity index (χ0n) is 34.2. The molecule has 0 amide bonds. The molecule has 7 aromatic rings. The van der Waals surface area contributed by atoms with Crippen LogP contribution >= 0.6 is 0 Å². The molecule has 3 aliphatic rings. The molecule has 1 nitrogen and oxygen atoms in total. The van der Waals surface area contributed by atoms with E-state index in [9.17, 15) is 0 Å². The highest BCUT2D eigenvalue weighted by Crippen LogP contribution is 2.59. The summed E-state index contributed by atoms with van der Waals surface area (Å²) in [5.74, 6) is 0. The van der Waals surface area contributed by atoms with Gasteiger partial charge >= 0.3 is 0 Å². The Kier molecular flexibility index (Phi) is 8.45. The fraction of sp³-hybridized carbons (Fsp3) is 0.250. The van der Waals surface area contributed by atoms with Gasteiger partial charge in [-0.3, -0.25) is 0 Å². The lowest BCUT2D eigenvalue weighted by molar-refractivity contribution is 0.332. The topological polar surface area (TPSA) is 3.24 Å². The molecule has 0 atom stereocenters. The summed E-state index contributed by atoms with van der Waals surface area (Å²) in [4.78, 5) is 2.60. The molecule has 0 spiro atoms. The van der Waals surface area contributed by atoms with E-state index in [1.165, 1.54) is 121 Å². The largest absolute Gasteiger partial charge is 0.310 e. The van der Waals surface area contributed by atoms with Crippen molar-refractivity contribution >= 4 is 17.1 Å². The molecule has 0 aromatic heterocycles. The molecule has 3 aliphatic carbocycles. The van der Waals surface area contributed by atoms with E-state index in [4.69, 9.17) is 0 Å². The number of rotatable bonds is 6. The van der Waals surface area contributed by atoms with E-state index in [1.807, 2.05) is 0 Å². The molecule has 0 heterocycles. The molecule has 0 radical (unpaired) electrons. The van der Waals surface area contributed by atoms with Crippen LogP contribution in [0.4, 0.5) is 17.1 Å². The van der Waals surface area contributed by atoms with Crippen LogP contribution in [0, 0.1) is 6.92 Å². The number of benzene rings is 7. The second-order valence-corrected chi connectivity index (χ2v) is 18.3. The van der Waals surface area contributed by atoms with Gasteiger partial charge in [-0.1, -0.05) is 155 Å². The maximum Gasteiger partial charge on any atom is 0.0714 e. The Bertz CT molecular complexity index is 2590. The maximum absolute atomic E-state index is 2.60. The van der Waals surface area contributed by atoms with E-state index in [-0.39, 0.29) is 10.8 Å². The van der Waals surface area contributed by atoms with Gasteiger partial charge in [-0.15, -0.1) is 0 Å². The van der Waals surface area contributed by atoms with Crippen molar-refractivity contribution in [3.05, 3.63) is 208 Å². The van der Waals surface area contributed by atoms with Gasteiger partial charge in [0.25, 0.3) is 0 Å². The van der Waals surface area contributed by atoms with E-state index < -0.39 is 5.41 Å². The van der Waals surface area contributed by atoms with Crippen LogP contribution in [0.25, 0.3) is 22.3 Å². The van der Waals surface area contributed by atoms with Crippen LogP contribution in [0.15, 0.2) is 158 Å². The Morgan fingerprint density at radius 1 is 0.439 bits per heavy atom. The van der Waals surface area contributed by atoms with Gasteiger partial charge in [-0.2, -0.15) is 0 Å². The summed E-state index contributed by atoms with van der Waals surface area (Å²) in [5.41, 5.74) is 21.1. The Balaban J connectivity index is 1.34. The van der Waals surface area contributed by atoms with Crippen molar-refractivity contribution in [3.8, 4) is 22.3 Å². The van der Waals surface area contributed by atoms with Gasteiger partial charge in [0.2, 0.25) is 0 Å². The quantitative estimate of drug-likeness (QED) is 0.164. The molecule has 0 saturated heterocycles. The molecule has 0 fully saturated rings. The van der Waals surface area contributed by atoms with Gasteiger partial charge in [0.05, 0.1) is 11.1 Å². The molecular formula is C56H53N. The van der Waals surface area contributed by atoms with Gasteiger partial charge < -0.3 is 4.90 Å². The van der Waals surface area contributed by atoms with E-state index in [0.717, 1.165) is 6.42 Å². The first kappa shape index (κ1) is 35.7. The maximum atomic E-state index is 2.60. The van der Waals surface area contributed by atoms with Crippen LogP contribution in [-0.2, 0) is 29.1 Å². The Labute approximate surface area is 340 Å². The minimum Gasteiger partial charge on any atom is -0.310 e. The van der Waals surface area contributed by atoms with Crippen LogP contribution in [-0.4, -0.2) is 0 Å². The van der Waals surface area contributed by atoms with Crippen molar-refractivity contribution in [3.63, 3.8) is 0 Å². The predicted molar refractivity (Wildman–Crippen MR) is 241 cm³/mol. The highest BCUT2D eigenvalue weighted by molar-refractivity contribution is 5.97. The summed E-state index contributed by atoms with van der Waals surface area (Å²) < 4.78 is 0. The monoisotopic (exact) mass is 739 g/mol. The van der Waals surface area contributed by atoms with Crippen LogP contribution < -0.4 is 4.90 Å². The first-order valence-corrected chi connectivity index (χ1v) is 21.2. The van der Waals surface area contributed by atoms with Gasteiger partial charge in [0, 0.05) is 16.9 Å². The highest BCUT2D eigenvalue weighted by atomic mass is 15.1. The average Bonchev–Trinajstić information content (AvgIpc) is 3.53. The van der Waals surface area contributed by atoms with Gasteiger partial charge in [0.1, 0.15) is 0 Å². The Morgan fingerprint density at radius 3 is 1.67 bits per heavy atom. The van der Waals surface area contributed by atoms with Crippen molar-refractivity contribution in [1.29, 1.82) is 0 Å². The zero-order chi connectivity index (χ0) is 38.9. The summed E-state index contributed by atoms with van der Waals surface area (Å²) in [6.45, 7) is 12.1. The summed E-state index contributed by atoms with van der Waals surface area (Å²) in [6.07, 6.45) is 7.23. The molecule has 1 heteroatoms. The summed E-state index contributed by atoms with van der Waals surface area (Å²) in [7, 11) is 0. The lowest BCUT2D eigenvalue weighted by Gasteiger charge is -2.43. The summed E-state index contributed by atoms with van der Waals surface area (Å²) in [6, 6.07) is 60.4. The minimum atomic E-state index is -0.503. The SMILES string of the molecule is Cc1cc2c(cc1N(c1ccccc1)c1cc3c(cc1-c1ccc4c(c1)CCCC4)-c1ccccc1C3(c1ccccc1)c1ccccc1)C(C)(C)CCC2(C)C. The third kappa shape index (κ3) is 5.65. The van der Waals surface area contributed by atoms with Crippen molar-refractivity contribution in [2.75, 3.05) is 4.90 Å². The van der Waals surface area contributed by atoms with Crippen molar-refractivity contribution in [1.82, 2.24) is 0 Å². The number of anilines is 3. The highest BCUT2D eigenvalue weighted by Gasteiger charge is 2.47. The number of aryl methyl sites for hydroxylation is 3. The van der Waals surface area contributed by atoms with Crippen LogP contribution in [0.1, 0.15) is 103 Å². The fourth-order valence-corrected chi connectivity index (χ4v) is 10.7. The molecule has 0 aliphatic heterocycles. The number of nitrogens with zero attached hydrogens (tertiary/aromatic N) is 1. The molecular weight excluding hydrogens is 687 g/mol. The zero-order valence-corrected chi connectivity index (χ0v) is 34.2. The summed E-state index contributed by atoms with van der Waals surface area (Å²) in [5, 5.41) is 0. The molecule has 57 heavy (non-hydrogen) atoms. The third-order valence-electron chi connectivity index (χ3n) is 13.9. The molecule has 0 saturated carbocycles. The van der Waals surface area contributed by atoms with Crippen molar-refractivity contribution in [2.24, 2.45) is 0 Å². The van der Waals surface area contributed by atoms with Crippen molar-refractivity contribution in [2.45, 2.75) is 89.4 Å². The number of hydrogen-bond donors (Lipinski definition) is 0. The molecule has 0 N–H and O–H groups in total. The molecule has 10 rings (SSSR count). The Hall–Kier alpha value is -5.66. The minimum absolute atomic E-state index is 0.0757. The van der Waals surface area contributed by atoms with E-state index in [1.54, 1.807) is 0 Å². The second kappa shape index (κ2) is 13.5. The van der Waals surface area contributed by atoms with Crippen LogP contribution in [0.2, 0.25) is 0 Å². The Morgan fingerprint density at radius 2 is 1.00 bits per heavy atom. The first-order chi connectivity index (χ1) is 27.7. The van der Waals surface area contributed by atoms with E-state index in [2.05, 4.69) is 197 Å². The molecule has 282 valence electrons. The average molecular weight is 740 g/mol. The normalized spacial score (nSPS) is 16.9. The second-order valence-electron chi connectivity index (χ2n) is 18.3. The summed E-state index contributed by atoms with van der Waals surface area (Å²) >= 11 is 0. The number of hydrogen-bond acceptors (Lipinski definition) is 1. The van der Waals surface area contributed by atoms with Gasteiger partial charge in [0.15, 0.2) is 0 Å². The van der Waals surface area contributed by atoms with E-state index >= 15 is 0 Å². The molecule has 0 unspecified atom stereocenters. The smallest absolute Gasteiger partial charge is 0.0714 e. The molecule has 0 bridgehead atoms. The van der Waals surface area contributed by atoms with Crippen molar-refractivity contribution < 1.29 is 0 Å². The van der Waals surface area contributed by atoms with Crippen LogP contribution in [0.3, 0.4) is 0 Å².